The van der Waals surface area contributed by atoms with E-state index in [1.54, 1.807) is 13.8 Å². The maximum atomic E-state index is 13.3. The van der Waals surface area contributed by atoms with Gasteiger partial charge in [-0.15, -0.1) is 0 Å². The van der Waals surface area contributed by atoms with Crippen LogP contribution in [0.3, 0.4) is 0 Å². The van der Waals surface area contributed by atoms with E-state index < -0.39 is 30.8 Å². The first-order chi connectivity index (χ1) is 11.0. The largest absolute Gasteiger partial charge is 0.480 e. The summed E-state index contributed by atoms with van der Waals surface area (Å²) in [7, 11) is 0. The fourth-order valence-electron chi connectivity index (χ4n) is 2.13. The standard InChI is InChI=1S/C15H18F5NO3/c1-8(2)7-11(13(22)23)21-12(15(18,19)20)9-3-5-10(6-4-9)24-14(16)17/h3-6,8,11-12,14,21H,7H2,1-2H3,(H,22,23)/t11-,12-/m0/s1. The van der Waals surface area contributed by atoms with Gasteiger partial charge in [0, 0.05) is 0 Å². The van der Waals surface area contributed by atoms with E-state index in [1.165, 1.54) is 0 Å². The average Bonchev–Trinajstić information content (AvgIpc) is 2.42. The fraction of sp³-hybridized carbons (Fsp3) is 0.533. The molecule has 0 aromatic heterocycles. The molecule has 0 aliphatic carbocycles. The summed E-state index contributed by atoms with van der Waals surface area (Å²) in [5.74, 6) is -1.81. The van der Waals surface area contributed by atoms with Crippen molar-refractivity contribution in [3.8, 4) is 5.75 Å². The summed E-state index contributed by atoms with van der Waals surface area (Å²) in [5, 5.41) is 11.2. The zero-order valence-electron chi connectivity index (χ0n) is 13.0. The number of ether oxygens (including phenoxy) is 1. The van der Waals surface area contributed by atoms with Gasteiger partial charge < -0.3 is 9.84 Å². The molecule has 1 aromatic rings. The molecule has 0 saturated heterocycles. The van der Waals surface area contributed by atoms with Crippen molar-refractivity contribution in [1.82, 2.24) is 5.32 Å². The molecule has 136 valence electrons. The van der Waals surface area contributed by atoms with Crippen LogP contribution in [0.5, 0.6) is 5.75 Å². The molecular formula is C15H18F5NO3. The lowest BCUT2D eigenvalue weighted by molar-refractivity contribution is -0.163. The van der Waals surface area contributed by atoms with Crippen LogP contribution in [-0.2, 0) is 4.79 Å². The van der Waals surface area contributed by atoms with E-state index in [1.807, 2.05) is 0 Å². The van der Waals surface area contributed by atoms with Crippen molar-refractivity contribution in [2.75, 3.05) is 0 Å². The lowest BCUT2D eigenvalue weighted by Gasteiger charge is -2.26. The Bertz CT molecular complexity index is 531. The summed E-state index contributed by atoms with van der Waals surface area (Å²) in [5.41, 5.74) is -0.292. The second-order valence-corrected chi connectivity index (χ2v) is 5.61. The minimum absolute atomic E-state index is 0.00842. The highest BCUT2D eigenvalue weighted by molar-refractivity contribution is 5.73. The van der Waals surface area contributed by atoms with E-state index in [0.29, 0.717) is 0 Å². The predicted octanol–water partition coefficient (Wildman–Crippen LogP) is 3.98. The Morgan fingerprint density at radius 3 is 2.12 bits per heavy atom. The van der Waals surface area contributed by atoms with Crippen molar-refractivity contribution in [3.05, 3.63) is 29.8 Å². The van der Waals surface area contributed by atoms with Gasteiger partial charge in [-0.25, -0.2) is 0 Å². The second-order valence-electron chi connectivity index (χ2n) is 5.61. The van der Waals surface area contributed by atoms with Crippen LogP contribution in [0, 0.1) is 5.92 Å². The molecule has 0 spiro atoms. The molecule has 9 heteroatoms. The van der Waals surface area contributed by atoms with Crippen molar-refractivity contribution >= 4 is 5.97 Å². The predicted molar refractivity (Wildman–Crippen MR) is 75.9 cm³/mol. The zero-order chi connectivity index (χ0) is 18.5. The maximum absolute atomic E-state index is 13.3. The first kappa shape index (κ1) is 20.1. The third-order valence-electron chi connectivity index (χ3n) is 3.14. The molecule has 0 bridgehead atoms. The molecule has 0 aliphatic rings. The number of carbonyl (C=O) groups is 1. The minimum Gasteiger partial charge on any atom is -0.480 e. The van der Waals surface area contributed by atoms with Crippen LogP contribution in [0.15, 0.2) is 24.3 Å². The Hall–Kier alpha value is -1.90. The lowest BCUT2D eigenvalue weighted by atomic mass is 10.00. The van der Waals surface area contributed by atoms with Gasteiger partial charge in [0.1, 0.15) is 17.8 Å². The van der Waals surface area contributed by atoms with Crippen molar-refractivity contribution in [2.45, 2.75) is 45.1 Å². The molecule has 24 heavy (non-hydrogen) atoms. The van der Waals surface area contributed by atoms with Crippen LogP contribution in [-0.4, -0.2) is 29.9 Å². The first-order valence-electron chi connectivity index (χ1n) is 7.11. The van der Waals surface area contributed by atoms with Gasteiger partial charge in [-0.3, -0.25) is 10.1 Å². The molecule has 1 aromatic carbocycles. The van der Waals surface area contributed by atoms with Crippen LogP contribution in [0.2, 0.25) is 0 Å². The summed E-state index contributed by atoms with van der Waals surface area (Å²) < 4.78 is 68.0. The normalized spacial score (nSPS) is 14.7. The molecule has 0 saturated carbocycles. The number of carboxylic acid groups (broad SMARTS) is 1. The van der Waals surface area contributed by atoms with Gasteiger partial charge in [-0.2, -0.15) is 22.0 Å². The van der Waals surface area contributed by atoms with Gasteiger partial charge in [0.05, 0.1) is 0 Å². The molecule has 2 atom stereocenters. The molecule has 1 rings (SSSR count). The van der Waals surface area contributed by atoms with Crippen molar-refractivity contribution in [3.63, 3.8) is 0 Å². The first-order valence-corrected chi connectivity index (χ1v) is 7.11. The Morgan fingerprint density at radius 2 is 1.75 bits per heavy atom. The summed E-state index contributed by atoms with van der Waals surface area (Å²) >= 11 is 0. The number of aliphatic carboxylic acids is 1. The lowest BCUT2D eigenvalue weighted by Crippen LogP contribution is -2.45. The third kappa shape index (κ3) is 6.31. The van der Waals surface area contributed by atoms with Gasteiger partial charge in [0.25, 0.3) is 0 Å². The SMILES string of the molecule is CC(C)C[C@H](N[C@@H](c1ccc(OC(F)F)cc1)C(F)(F)F)C(=O)O. The van der Waals surface area contributed by atoms with Crippen LogP contribution >= 0.6 is 0 Å². The van der Waals surface area contributed by atoms with Crippen LogP contribution in [0.25, 0.3) is 0 Å². The van der Waals surface area contributed by atoms with E-state index in [9.17, 15) is 26.7 Å². The molecule has 0 radical (unpaired) electrons. The summed E-state index contributed by atoms with van der Waals surface area (Å²) in [6.45, 7) is 0.294. The Labute approximate surface area is 135 Å². The fourth-order valence-corrected chi connectivity index (χ4v) is 2.13. The molecule has 0 amide bonds. The summed E-state index contributed by atoms with van der Waals surface area (Å²) in [4.78, 5) is 11.2. The Morgan fingerprint density at radius 1 is 1.21 bits per heavy atom. The molecule has 0 aliphatic heterocycles. The molecule has 0 unspecified atom stereocenters. The topological polar surface area (TPSA) is 58.6 Å². The molecular weight excluding hydrogens is 337 g/mol. The molecule has 0 fully saturated rings. The average molecular weight is 355 g/mol. The van der Waals surface area contributed by atoms with Crippen molar-refractivity contribution in [1.29, 1.82) is 0 Å². The number of rotatable bonds is 8. The number of carboxylic acids is 1. The van der Waals surface area contributed by atoms with Gasteiger partial charge in [0.15, 0.2) is 0 Å². The van der Waals surface area contributed by atoms with Gasteiger partial charge in [-0.05, 0) is 30.0 Å². The summed E-state index contributed by atoms with van der Waals surface area (Å²) in [6.07, 6.45) is -4.75. The zero-order valence-corrected chi connectivity index (χ0v) is 13.0. The number of hydrogen-bond acceptors (Lipinski definition) is 3. The maximum Gasteiger partial charge on any atom is 0.407 e. The minimum atomic E-state index is -4.75. The number of halogens is 5. The van der Waals surface area contributed by atoms with Crippen LogP contribution < -0.4 is 10.1 Å². The van der Waals surface area contributed by atoms with Crippen molar-refractivity contribution in [2.24, 2.45) is 5.92 Å². The Kier molecular flexibility index (Phi) is 6.94. The number of hydrogen-bond donors (Lipinski definition) is 2. The third-order valence-corrected chi connectivity index (χ3v) is 3.14. The number of alkyl halides is 5. The highest BCUT2D eigenvalue weighted by atomic mass is 19.4. The van der Waals surface area contributed by atoms with E-state index >= 15 is 0 Å². The van der Waals surface area contributed by atoms with Crippen molar-refractivity contribution < 1.29 is 36.6 Å². The van der Waals surface area contributed by atoms with Gasteiger partial charge in [-0.1, -0.05) is 26.0 Å². The van der Waals surface area contributed by atoms with E-state index in [2.05, 4.69) is 10.1 Å². The van der Waals surface area contributed by atoms with Crippen LogP contribution in [0.1, 0.15) is 31.9 Å². The molecule has 2 N–H and O–H groups in total. The quantitative estimate of drug-likeness (QED) is 0.693. The van der Waals surface area contributed by atoms with E-state index in [-0.39, 0.29) is 23.7 Å². The number of benzene rings is 1. The van der Waals surface area contributed by atoms with E-state index in [0.717, 1.165) is 24.3 Å². The second kappa shape index (κ2) is 8.27. The van der Waals surface area contributed by atoms with Gasteiger partial charge in [0.2, 0.25) is 0 Å². The monoisotopic (exact) mass is 355 g/mol. The molecule has 4 nitrogen and oxygen atoms in total. The van der Waals surface area contributed by atoms with E-state index in [4.69, 9.17) is 5.11 Å². The smallest absolute Gasteiger partial charge is 0.407 e. The number of nitrogens with one attached hydrogen (secondary N) is 1. The highest BCUT2D eigenvalue weighted by Gasteiger charge is 2.42. The Balaban J connectivity index is 3.02. The van der Waals surface area contributed by atoms with Crippen LogP contribution in [0.4, 0.5) is 22.0 Å². The highest BCUT2D eigenvalue weighted by Crippen LogP contribution is 2.34. The molecule has 0 heterocycles. The summed E-state index contributed by atoms with van der Waals surface area (Å²) in [6, 6.07) is 0.251. The van der Waals surface area contributed by atoms with Gasteiger partial charge >= 0.3 is 18.8 Å².